The Morgan fingerprint density at radius 2 is 1.78 bits per heavy atom. The summed E-state index contributed by atoms with van der Waals surface area (Å²) in [6.45, 7) is 3.12. The topological polar surface area (TPSA) is 110 Å². The molecule has 3 aromatic carbocycles. The largest absolute Gasteiger partial charge is 0.379 e. The summed E-state index contributed by atoms with van der Waals surface area (Å²) in [6.07, 6.45) is 0. The van der Waals surface area contributed by atoms with E-state index in [1.165, 1.54) is 28.2 Å². The van der Waals surface area contributed by atoms with Gasteiger partial charge in [0.05, 0.1) is 23.9 Å². The van der Waals surface area contributed by atoms with Crippen LogP contribution in [0.25, 0.3) is 28.0 Å². The molecule has 3 heterocycles. The summed E-state index contributed by atoms with van der Waals surface area (Å²) < 4.78 is 48.9. The van der Waals surface area contributed by atoms with Crippen LogP contribution in [0.5, 0.6) is 0 Å². The van der Waals surface area contributed by atoms with Crippen molar-refractivity contribution in [2.45, 2.75) is 17.0 Å². The molecule has 5 aromatic rings. The molecule has 210 valence electrons. The van der Waals surface area contributed by atoms with Crippen LogP contribution in [-0.2, 0) is 14.8 Å². The average molecular weight is 592 g/mol. The predicted octanol–water partition coefficient (Wildman–Crippen LogP) is 4.86. The van der Waals surface area contributed by atoms with Gasteiger partial charge in [0.2, 0.25) is 10.0 Å². The van der Waals surface area contributed by atoms with Crippen LogP contribution in [0.3, 0.4) is 0 Å². The fraction of sp³-hybridized carbons (Fsp3) is 0.207. The summed E-state index contributed by atoms with van der Waals surface area (Å²) in [5.74, 6) is -0.0122. The lowest BCUT2D eigenvalue weighted by molar-refractivity contribution is 0.0730. The summed E-state index contributed by atoms with van der Waals surface area (Å²) in [6, 6.07) is 20.0. The summed E-state index contributed by atoms with van der Waals surface area (Å²) >= 11 is 1.21. The minimum atomic E-state index is -3.74. The molecule has 1 fully saturated rings. The zero-order chi connectivity index (χ0) is 28.6. The van der Waals surface area contributed by atoms with Crippen molar-refractivity contribution in [2.24, 2.45) is 0 Å². The van der Waals surface area contributed by atoms with Crippen LogP contribution in [0, 0.1) is 12.7 Å². The van der Waals surface area contributed by atoms with Gasteiger partial charge in [-0.2, -0.15) is 4.31 Å². The number of hydrogen-bond acceptors (Lipinski definition) is 7. The number of H-pyrrole nitrogens is 1. The van der Waals surface area contributed by atoms with E-state index in [2.05, 4.69) is 15.2 Å². The molecule has 2 aromatic heterocycles. The third-order valence-corrected chi connectivity index (χ3v) is 9.75. The Balaban J connectivity index is 1.35. The lowest BCUT2D eigenvalue weighted by Gasteiger charge is -2.26. The van der Waals surface area contributed by atoms with E-state index < -0.39 is 15.8 Å². The Bertz CT molecular complexity index is 1840. The van der Waals surface area contributed by atoms with E-state index in [1.807, 2.05) is 31.2 Å². The van der Waals surface area contributed by atoms with Gasteiger partial charge in [-0.15, -0.1) is 10.2 Å². The van der Waals surface area contributed by atoms with Crippen LogP contribution in [0.15, 0.2) is 82.8 Å². The molecule has 0 unspecified atom stereocenters. The number of aromatic nitrogens is 4. The average Bonchev–Trinajstić information content (AvgIpc) is 3.57. The third-order valence-electron chi connectivity index (χ3n) is 6.92. The number of aromatic amines is 1. The number of ketones is 1. The third kappa shape index (κ3) is 5.31. The first-order valence-electron chi connectivity index (χ1n) is 13.0. The predicted molar refractivity (Wildman–Crippen MR) is 154 cm³/mol. The number of carbonyl (C=O) groups excluding carboxylic acids is 1. The van der Waals surface area contributed by atoms with Crippen LogP contribution < -0.4 is 0 Å². The molecule has 1 aliphatic heterocycles. The number of fused-ring (bicyclic) bond motifs is 1. The maximum atomic E-state index is 13.8. The molecule has 0 atom stereocenters. The number of thioether (sulfide) groups is 1. The second kappa shape index (κ2) is 11.2. The summed E-state index contributed by atoms with van der Waals surface area (Å²) in [7, 11) is -3.74. The Kier molecular flexibility index (Phi) is 7.47. The minimum Gasteiger partial charge on any atom is -0.379 e. The summed E-state index contributed by atoms with van der Waals surface area (Å²) in [5.41, 5.74) is 3.40. The van der Waals surface area contributed by atoms with Gasteiger partial charge < -0.3 is 9.72 Å². The first-order chi connectivity index (χ1) is 19.8. The molecule has 1 aliphatic rings. The number of para-hydroxylation sites is 1. The highest BCUT2D eigenvalue weighted by Crippen LogP contribution is 2.31. The Morgan fingerprint density at radius 1 is 1.02 bits per heavy atom. The molecule has 6 rings (SSSR count). The van der Waals surface area contributed by atoms with Gasteiger partial charge in [-0.3, -0.25) is 9.36 Å². The van der Waals surface area contributed by atoms with Gasteiger partial charge in [-0.05, 0) is 49.4 Å². The molecular formula is C29H26FN5O4S2. The first kappa shape index (κ1) is 27.3. The Labute approximate surface area is 240 Å². The fourth-order valence-electron chi connectivity index (χ4n) is 4.94. The van der Waals surface area contributed by atoms with Crippen molar-refractivity contribution in [2.75, 3.05) is 32.1 Å². The number of nitrogens with zero attached hydrogens (tertiary/aromatic N) is 4. The van der Waals surface area contributed by atoms with Crippen LogP contribution in [0.2, 0.25) is 0 Å². The van der Waals surface area contributed by atoms with Gasteiger partial charge in [-0.25, -0.2) is 12.8 Å². The number of morpholine rings is 1. The van der Waals surface area contributed by atoms with E-state index in [-0.39, 0.29) is 29.5 Å². The molecule has 0 saturated carbocycles. The van der Waals surface area contributed by atoms with E-state index in [4.69, 9.17) is 4.74 Å². The first-order valence-corrected chi connectivity index (χ1v) is 15.4. The number of rotatable bonds is 8. The van der Waals surface area contributed by atoms with E-state index in [0.717, 1.165) is 16.6 Å². The number of nitrogens with one attached hydrogen (secondary N) is 1. The van der Waals surface area contributed by atoms with E-state index in [0.29, 0.717) is 41.0 Å². The molecule has 9 nitrogen and oxygen atoms in total. The molecular weight excluding hydrogens is 565 g/mol. The lowest BCUT2D eigenvalue weighted by atomic mass is 10.1. The highest BCUT2D eigenvalue weighted by atomic mass is 32.2. The molecule has 1 N–H and O–H groups in total. The minimum absolute atomic E-state index is 0.0706. The number of hydrogen-bond donors (Lipinski definition) is 1. The zero-order valence-electron chi connectivity index (χ0n) is 22.1. The van der Waals surface area contributed by atoms with Gasteiger partial charge in [0, 0.05) is 46.5 Å². The molecule has 0 bridgehead atoms. The maximum Gasteiger partial charge on any atom is 0.243 e. The SMILES string of the molecule is Cc1[nH]c2ccccc2c1C(=O)CSc1nnc(-c2cccc(S(=O)(=O)N3CCOCC3)c2)n1-c1ccc(F)cc1. The van der Waals surface area contributed by atoms with E-state index in [9.17, 15) is 17.6 Å². The smallest absolute Gasteiger partial charge is 0.243 e. The maximum absolute atomic E-state index is 13.8. The molecule has 0 spiro atoms. The van der Waals surface area contributed by atoms with Crippen molar-refractivity contribution in [3.05, 3.63) is 89.9 Å². The second-order valence-corrected chi connectivity index (χ2v) is 12.4. The fourth-order valence-corrected chi connectivity index (χ4v) is 7.22. The van der Waals surface area contributed by atoms with E-state index in [1.54, 1.807) is 41.0 Å². The number of carbonyl (C=O) groups is 1. The van der Waals surface area contributed by atoms with Crippen molar-refractivity contribution < 1.29 is 22.3 Å². The molecule has 12 heteroatoms. The van der Waals surface area contributed by atoms with Crippen molar-refractivity contribution in [3.63, 3.8) is 0 Å². The van der Waals surface area contributed by atoms with Gasteiger partial charge >= 0.3 is 0 Å². The molecule has 0 aliphatic carbocycles. The van der Waals surface area contributed by atoms with E-state index >= 15 is 0 Å². The molecule has 0 radical (unpaired) electrons. The van der Waals surface area contributed by atoms with Crippen molar-refractivity contribution in [3.8, 4) is 17.1 Å². The van der Waals surface area contributed by atoms with Crippen molar-refractivity contribution in [1.29, 1.82) is 0 Å². The molecule has 41 heavy (non-hydrogen) atoms. The lowest BCUT2D eigenvalue weighted by Crippen LogP contribution is -2.40. The normalized spacial score (nSPS) is 14.5. The Hall–Kier alpha value is -3.84. The highest BCUT2D eigenvalue weighted by Gasteiger charge is 2.27. The number of benzene rings is 3. The second-order valence-electron chi connectivity index (χ2n) is 9.54. The monoisotopic (exact) mass is 591 g/mol. The van der Waals surface area contributed by atoms with Crippen LogP contribution in [-0.4, -0.2) is 70.3 Å². The van der Waals surface area contributed by atoms with Gasteiger partial charge in [0.25, 0.3) is 0 Å². The quantitative estimate of drug-likeness (QED) is 0.203. The molecule has 1 saturated heterocycles. The van der Waals surface area contributed by atoms with Crippen LogP contribution in [0.4, 0.5) is 4.39 Å². The number of aryl methyl sites for hydroxylation is 1. The van der Waals surface area contributed by atoms with Gasteiger partial charge in [0.1, 0.15) is 5.82 Å². The summed E-state index contributed by atoms with van der Waals surface area (Å²) in [5, 5.41) is 10.0. The summed E-state index contributed by atoms with van der Waals surface area (Å²) in [4.78, 5) is 16.7. The van der Waals surface area contributed by atoms with Gasteiger partial charge in [0.15, 0.2) is 16.8 Å². The standard InChI is InChI=1S/C29H26FN5O4S2/c1-19-27(24-7-2-3-8-25(24)31-19)26(36)18-40-29-33-32-28(35(29)22-11-9-21(30)10-12-22)20-5-4-6-23(17-20)41(37,38)34-13-15-39-16-14-34/h2-12,17,31H,13-16,18H2,1H3. The number of Topliss-reactive ketones (excluding diaryl/α,β-unsaturated/α-hetero) is 1. The van der Waals surface area contributed by atoms with Crippen LogP contribution in [0.1, 0.15) is 16.1 Å². The molecule has 0 amide bonds. The van der Waals surface area contributed by atoms with Crippen molar-refractivity contribution >= 4 is 38.5 Å². The number of sulfonamides is 1. The van der Waals surface area contributed by atoms with Crippen molar-refractivity contribution in [1.82, 2.24) is 24.1 Å². The zero-order valence-corrected chi connectivity index (χ0v) is 23.7. The number of halogens is 1. The number of ether oxygens (including phenoxy) is 1. The van der Waals surface area contributed by atoms with Gasteiger partial charge in [-0.1, -0.05) is 42.1 Å². The highest BCUT2D eigenvalue weighted by molar-refractivity contribution is 7.99. The Morgan fingerprint density at radius 3 is 2.56 bits per heavy atom. The van der Waals surface area contributed by atoms with Crippen LogP contribution >= 0.6 is 11.8 Å².